The lowest BCUT2D eigenvalue weighted by molar-refractivity contribution is -0.138. The summed E-state index contributed by atoms with van der Waals surface area (Å²) in [4.78, 5) is 21.9. The molecule has 138 valence electrons. The van der Waals surface area contributed by atoms with Crippen LogP contribution in [0, 0.1) is 0 Å². The Hall–Kier alpha value is -2.82. The van der Waals surface area contributed by atoms with E-state index in [1.165, 1.54) is 5.56 Å². The van der Waals surface area contributed by atoms with Gasteiger partial charge in [0.2, 0.25) is 5.91 Å². The first-order chi connectivity index (χ1) is 12.6. The smallest absolute Gasteiger partial charge is 0.303 e. The highest BCUT2D eigenvalue weighted by molar-refractivity contribution is 5.80. The molecule has 2 N–H and O–H groups in total. The van der Waals surface area contributed by atoms with E-state index in [1.54, 1.807) is 0 Å². The van der Waals surface area contributed by atoms with Crippen LogP contribution in [-0.2, 0) is 22.4 Å². The quantitative estimate of drug-likeness (QED) is 0.607. The number of carboxylic acids is 1. The van der Waals surface area contributed by atoms with Gasteiger partial charge < -0.3 is 15.2 Å². The average molecular weight is 355 g/mol. The lowest BCUT2D eigenvalue weighted by Crippen LogP contribution is -2.26. The summed E-state index contributed by atoms with van der Waals surface area (Å²) in [5.41, 5.74) is 2.38. The number of aliphatic carboxylic acids is 1. The Kier molecular flexibility index (Phi) is 8.19. The molecule has 5 nitrogen and oxygen atoms in total. The number of carboxylic acid groups (broad SMARTS) is 1. The maximum atomic E-state index is 11.5. The number of rotatable bonds is 11. The highest BCUT2D eigenvalue weighted by atomic mass is 16.5. The third-order valence-electron chi connectivity index (χ3n) is 3.92. The maximum absolute atomic E-state index is 11.5. The van der Waals surface area contributed by atoms with E-state index in [2.05, 4.69) is 17.4 Å². The molecule has 0 aliphatic carbocycles. The molecule has 0 saturated heterocycles. The molecule has 0 saturated carbocycles. The topological polar surface area (TPSA) is 75.6 Å². The van der Waals surface area contributed by atoms with E-state index in [4.69, 9.17) is 9.84 Å². The van der Waals surface area contributed by atoms with E-state index in [0.29, 0.717) is 19.6 Å². The predicted octanol–water partition coefficient (Wildman–Crippen LogP) is 3.22. The van der Waals surface area contributed by atoms with Crippen molar-refractivity contribution in [3.05, 3.63) is 65.7 Å². The van der Waals surface area contributed by atoms with Gasteiger partial charge in [-0.05, 0) is 42.5 Å². The number of hydrogen-bond acceptors (Lipinski definition) is 3. The number of aryl methyl sites for hydroxylation is 1. The highest BCUT2D eigenvalue weighted by Gasteiger charge is 2.05. The molecule has 0 unspecified atom stereocenters. The van der Waals surface area contributed by atoms with Crippen LogP contribution >= 0.6 is 0 Å². The van der Waals surface area contributed by atoms with E-state index in [0.717, 1.165) is 24.2 Å². The zero-order valence-electron chi connectivity index (χ0n) is 14.8. The Labute approximate surface area is 154 Å². The number of carbonyl (C=O) groups is 2. The minimum atomic E-state index is -0.961. The van der Waals surface area contributed by atoms with Crippen molar-refractivity contribution in [1.82, 2.24) is 5.32 Å². The number of carbonyl (C=O) groups excluding carboxylic acids is 1. The normalized spacial score (nSPS) is 10.3. The van der Waals surface area contributed by atoms with Crippen molar-refractivity contribution >= 4 is 11.9 Å². The van der Waals surface area contributed by atoms with Crippen molar-refractivity contribution in [1.29, 1.82) is 0 Å². The van der Waals surface area contributed by atoms with Gasteiger partial charge in [0.1, 0.15) is 5.75 Å². The number of nitrogens with one attached hydrogen (secondary N) is 1. The summed E-state index contributed by atoms with van der Waals surface area (Å²) in [7, 11) is 0. The molecule has 2 aromatic rings. The first-order valence-electron chi connectivity index (χ1n) is 8.87. The summed E-state index contributed by atoms with van der Waals surface area (Å²) >= 11 is 0. The summed E-state index contributed by atoms with van der Waals surface area (Å²) in [6.45, 7) is 1.14. The second kappa shape index (κ2) is 10.9. The van der Waals surface area contributed by atoms with Gasteiger partial charge >= 0.3 is 5.97 Å². The van der Waals surface area contributed by atoms with Crippen LogP contribution in [0.4, 0.5) is 0 Å². The van der Waals surface area contributed by atoms with Crippen LogP contribution in [0.1, 0.15) is 30.4 Å². The largest absolute Gasteiger partial charge is 0.494 e. The summed E-state index contributed by atoms with van der Waals surface area (Å²) in [5.74, 6) is -0.370. The standard InChI is InChI=1S/C21H25NO4/c23-20(11-12-21(24)25)22-14-13-18-8-4-10-19(16-18)26-15-5-9-17-6-2-1-3-7-17/h1-4,6-8,10,16H,5,9,11-15H2,(H,22,23)(H,24,25). The van der Waals surface area contributed by atoms with Gasteiger partial charge in [0.25, 0.3) is 0 Å². The SMILES string of the molecule is O=C(O)CCC(=O)NCCc1cccc(OCCCc2ccccc2)c1. The Bertz CT molecular complexity index is 700. The Morgan fingerprint density at radius 1 is 0.923 bits per heavy atom. The van der Waals surface area contributed by atoms with Crippen molar-refractivity contribution in [2.45, 2.75) is 32.1 Å². The number of benzene rings is 2. The number of hydrogen-bond donors (Lipinski definition) is 2. The molecule has 0 radical (unpaired) electrons. The second-order valence-corrected chi connectivity index (χ2v) is 6.08. The highest BCUT2D eigenvalue weighted by Crippen LogP contribution is 2.14. The first kappa shape index (κ1) is 19.5. The van der Waals surface area contributed by atoms with Crippen LogP contribution < -0.4 is 10.1 Å². The van der Waals surface area contributed by atoms with Crippen LogP contribution in [0.5, 0.6) is 5.75 Å². The Morgan fingerprint density at radius 2 is 1.69 bits per heavy atom. The van der Waals surface area contributed by atoms with E-state index in [-0.39, 0.29) is 18.7 Å². The van der Waals surface area contributed by atoms with Crippen LogP contribution in [0.2, 0.25) is 0 Å². The van der Waals surface area contributed by atoms with Crippen LogP contribution in [0.25, 0.3) is 0 Å². The van der Waals surface area contributed by atoms with Crippen molar-refractivity contribution < 1.29 is 19.4 Å². The van der Waals surface area contributed by atoms with Crippen molar-refractivity contribution in [2.24, 2.45) is 0 Å². The maximum Gasteiger partial charge on any atom is 0.303 e. The fraction of sp³-hybridized carbons (Fsp3) is 0.333. The molecule has 0 fully saturated rings. The predicted molar refractivity (Wildman–Crippen MR) is 100 cm³/mol. The molecule has 0 spiro atoms. The molecule has 1 amide bonds. The molecule has 0 atom stereocenters. The van der Waals surface area contributed by atoms with Gasteiger partial charge in [0.15, 0.2) is 0 Å². The molecule has 0 aromatic heterocycles. The van der Waals surface area contributed by atoms with Crippen molar-refractivity contribution in [3.63, 3.8) is 0 Å². The second-order valence-electron chi connectivity index (χ2n) is 6.08. The Balaban J connectivity index is 1.67. The molecule has 5 heteroatoms. The van der Waals surface area contributed by atoms with Gasteiger partial charge in [-0.2, -0.15) is 0 Å². The zero-order chi connectivity index (χ0) is 18.6. The lowest BCUT2D eigenvalue weighted by atomic mass is 10.1. The molecular weight excluding hydrogens is 330 g/mol. The summed E-state index contributed by atoms with van der Waals surface area (Å²) in [6, 6.07) is 18.2. The summed E-state index contributed by atoms with van der Waals surface area (Å²) < 4.78 is 5.81. The van der Waals surface area contributed by atoms with Gasteiger partial charge in [-0.15, -0.1) is 0 Å². The molecule has 0 bridgehead atoms. The van der Waals surface area contributed by atoms with Gasteiger partial charge in [0.05, 0.1) is 13.0 Å². The monoisotopic (exact) mass is 355 g/mol. The third-order valence-corrected chi connectivity index (χ3v) is 3.92. The average Bonchev–Trinajstić information content (AvgIpc) is 2.65. The van der Waals surface area contributed by atoms with E-state index in [1.807, 2.05) is 42.5 Å². The van der Waals surface area contributed by atoms with Gasteiger partial charge in [0, 0.05) is 13.0 Å². The number of ether oxygens (including phenoxy) is 1. The van der Waals surface area contributed by atoms with E-state index >= 15 is 0 Å². The van der Waals surface area contributed by atoms with Crippen molar-refractivity contribution in [3.8, 4) is 5.75 Å². The van der Waals surface area contributed by atoms with E-state index < -0.39 is 5.97 Å². The third kappa shape index (κ3) is 7.83. The minimum absolute atomic E-state index is 0.0138. The van der Waals surface area contributed by atoms with Gasteiger partial charge in [-0.3, -0.25) is 9.59 Å². The fourth-order valence-electron chi connectivity index (χ4n) is 2.56. The molecule has 26 heavy (non-hydrogen) atoms. The molecular formula is C21H25NO4. The van der Waals surface area contributed by atoms with Gasteiger partial charge in [-0.25, -0.2) is 0 Å². The van der Waals surface area contributed by atoms with Crippen LogP contribution in [0.3, 0.4) is 0 Å². The molecule has 2 rings (SSSR count). The first-order valence-corrected chi connectivity index (χ1v) is 8.87. The molecule has 0 heterocycles. The van der Waals surface area contributed by atoms with Gasteiger partial charge in [-0.1, -0.05) is 42.5 Å². The fourth-order valence-corrected chi connectivity index (χ4v) is 2.56. The Morgan fingerprint density at radius 3 is 2.46 bits per heavy atom. The zero-order valence-corrected chi connectivity index (χ0v) is 14.8. The lowest BCUT2D eigenvalue weighted by Gasteiger charge is -2.09. The molecule has 0 aliphatic heterocycles. The number of amides is 1. The summed E-state index contributed by atoms with van der Waals surface area (Å²) in [5, 5.41) is 11.3. The van der Waals surface area contributed by atoms with Crippen LogP contribution in [-0.4, -0.2) is 30.1 Å². The van der Waals surface area contributed by atoms with Crippen molar-refractivity contribution in [2.75, 3.05) is 13.2 Å². The molecule has 0 aliphatic rings. The minimum Gasteiger partial charge on any atom is -0.494 e. The van der Waals surface area contributed by atoms with Crippen LogP contribution in [0.15, 0.2) is 54.6 Å². The molecule has 2 aromatic carbocycles. The van der Waals surface area contributed by atoms with E-state index in [9.17, 15) is 9.59 Å². The summed E-state index contributed by atoms with van der Waals surface area (Å²) in [6.07, 6.45) is 2.49.